The van der Waals surface area contributed by atoms with Crippen LogP contribution in [0, 0.1) is 6.92 Å². The maximum Gasteiger partial charge on any atom is 0.417 e. The normalized spacial score (nSPS) is 13.6. The lowest BCUT2D eigenvalue weighted by atomic mass is 9.92. The number of aryl methyl sites for hydroxylation is 1. The van der Waals surface area contributed by atoms with E-state index in [-0.39, 0.29) is 22.8 Å². The average molecular weight is 450 g/mol. The van der Waals surface area contributed by atoms with E-state index in [1.54, 1.807) is 0 Å². The van der Waals surface area contributed by atoms with Gasteiger partial charge in [0.1, 0.15) is 0 Å². The number of halogens is 6. The first kappa shape index (κ1) is 24.4. The van der Waals surface area contributed by atoms with E-state index in [1.165, 1.54) is 19.1 Å². The topological polar surface area (TPSA) is 22.1 Å². The van der Waals surface area contributed by atoms with E-state index < -0.39 is 37.4 Å². The van der Waals surface area contributed by atoms with Crippen LogP contribution in [0.25, 0.3) is 11.1 Å². The first-order chi connectivity index (χ1) is 13.4. The lowest BCUT2D eigenvalue weighted by Crippen LogP contribution is -2.40. The van der Waals surface area contributed by atoms with Crippen molar-refractivity contribution in [2.75, 3.05) is 0 Å². The Labute approximate surface area is 173 Å². The third kappa shape index (κ3) is 5.43. The average Bonchev–Trinajstić information content (AvgIpc) is 2.57. The summed E-state index contributed by atoms with van der Waals surface area (Å²) in [6.45, 7) is 11.6. The van der Waals surface area contributed by atoms with E-state index in [0.717, 1.165) is 18.3 Å². The summed E-state index contributed by atoms with van der Waals surface area (Å²) in [6.07, 6.45) is -8.84. The number of hydrogen-bond acceptors (Lipinski definition) is 2. The van der Waals surface area contributed by atoms with Crippen molar-refractivity contribution < 1.29 is 30.8 Å². The molecule has 1 aromatic carbocycles. The van der Waals surface area contributed by atoms with Gasteiger partial charge in [0, 0.05) is 17.3 Å². The van der Waals surface area contributed by atoms with Crippen LogP contribution in [0.15, 0.2) is 30.5 Å². The molecule has 0 fully saturated rings. The molecule has 0 aliphatic carbocycles. The van der Waals surface area contributed by atoms with Crippen LogP contribution in [0.3, 0.4) is 0 Å². The molecule has 0 aliphatic heterocycles. The molecule has 0 spiro atoms. The van der Waals surface area contributed by atoms with E-state index in [4.69, 9.17) is 4.43 Å². The molecular weight excluding hydrogens is 424 g/mol. The first-order valence-electron chi connectivity index (χ1n) is 9.32. The second-order valence-corrected chi connectivity index (χ2v) is 13.6. The molecule has 0 amide bonds. The van der Waals surface area contributed by atoms with E-state index in [0.29, 0.717) is 5.69 Å². The van der Waals surface area contributed by atoms with Crippen molar-refractivity contribution in [3.05, 3.63) is 52.8 Å². The minimum atomic E-state index is -4.94. The summed E-state index contributed by atoms with van der Waals surface area (Å²) in [5.74, 6) is 0. The van der Waals surface area contributed by atoms with Gasteiger partial charge in [-0.2, -0.15) is 26.3 Å². The van der Waals surface area contributed by atoms with Crippen molar-refractivity contribution >= 4 is 8.32 Å². The zero-order chi connectivity index (χ0) is 23.1. The van der Waals surface area contributed by atoms with Gasteiger partial charge < -0.3 is 4.43 Å². The van der Waals surface area contributed by atoms with Crippen LogP contribution in [0.4, 0.5) is 26.3 Å². The zero-order valence-corrected chi connectivity index (χ0v) is 18.7. The molecule has 0 atom stereocenters. The molecule has 2 rings (SSSR count). The smallest absolute Gasteiger partial charge is 0.411 e. The molecular formula is C21H25F6NOSi. The van der Waals surface area contributed by atoms with Gasteiger partial charge in [0.15, 0.2) is 8.32 Å². The van der Waals surface area contributed by atoms with Crippen LogP contribution in [0.1, 0.15) is 43.2 Å². The second-order valence-electron chi connectivity index (χ2n) is 8.82. The Kier molecular flexibility index (Phi) is 6.50. The first-order valence-corrected chi connectivity index (χ1v) is 12.2. The van der Waals surface area contributed by atoms with Crippen LogP contribution >= 0.6 is 0 Å². The highest BCUT2D eigenvalue weighted by Crippen LogP contribution is 2.45. The van der Waals surface area contributed by atoms with Gasteiger partial charge in [0.2, 0.25) is 0 Å². The van der Waals surface area contributed by atoms with Crippen LogP contribution in [0.5, 0.6) is 0 Å². The molecule has 0 N–H and O–H groups in total. The number of nitrogens with zero attached hydrogens (tertiary/aromatic N) is 1. The molecule has 2 aromatic rings. The van der Waals surface area contributed by atoms with Gasteiger partial charge >= 0.3 is 12.4 Å². The van der Waals surface area contributed by atoms with E-state index in [1.807, 2.05) is 13.1 Å². The largest absolute Gasteiger partial charge is 0.417 e. The van der Waals surface area contributed by atoms with Gasteiger partial charge in [-0.3, -0.25) is 4.98 Å². The number of aromatic nitrogens is 1. The number of rotatable bonds is 4. The summed E-state index contributed by atoms with van der Waals surface area (Å²) in [6, 6.07) is 4.08. The predicted octanol–water partition coefficient (Wildman–Crippen LogP) is 7.62. The molecule has 30 heavy (non-hydrogen) atoms. The van der Waals surface area contributed by atoms with Gasteiger partial charge in [0.05, 0.1) is 23.4 Å². The molecule has 9 heteroatoms. The quantitative estimate of drug-likeness (QED) is 0.354. The molecule has 2 nitrogen and oxygen atoms in total. The molecule has 0 radical (unpaired) electrons. The SMILES string of the molecule is Cc1cc(C(F)(F)F)c(-c2ccc(CO[Si](C)(C)C(C)(C)C)nc2)c(C(F)(F)F)c1. The summed E-state index contributed by atoms with van der Waals surface area (Å²) >= 11 is 0. The van der Waals surface area contributed by atoms with Crippen molar-refractivity contribution in [2.45, 2.75) is 64.8 Å². The summed E-state index contributed by atoms with van der Waals surface area (Å²) in [5, 5.41) is -0.0436. The number of pyridine rings is 1. The lowest BCUT2D eigenvalue weighted by molar-refractivity contribution is -0.142. The van der Waals surface area contributed by atoms with Gasteiger partial charge in [-0.1, -0.05) is 26.8 Å². The fourth-order valence-electron chi connectivity index (χ4n) is 2.67. The van der Waals surface area contributed by atoms with Crippen LogP contribution < -0.4 is 0 Å². The molecule has 0 unspecified atom stereocenters. The number of benzene rings is 1. The zero-order valence-electron chi connectivity index (χ0n) is 17.7. The fraction of sp³-hybridized carbons (Fsp3) is 0.476. The number of hydrogen-bond donors (Lipinski definition) is 0. The molecule has 0 saturated heterocycles. The maximum atomic E-state index is 13.5. The molecule has 0 saturated carbocycles. The van der Waals surface area contributed by atoms with Gasteiger partial charge in [0.25, 0.3) is 0 Å². The van der Waals surface area contributed by atoms with E-state index in [9.17, 15) is 26.3 Å². The van der Waals surface area contributed by atoms with Crippen LogP contribution in [-0.4, -0.2) is 13.3 Å². The maximum absolute atomic E-state index is 13.5. The van der Waals surface area contributed by atoms with Crippen molar-refractivity contribution in [1.82, 2.24) is 4.98 Å². The van der Waals surface area contributed by atoms with Gasteiger partial charge in [-0.15, -0.1) is 0 Å². The molecule has 0 bridgehead atoms. The van der Waals surface area contributed by atoms with Gasteiger partial charge in [-0.05, 0) is 48.8 Å². The van der Waals surface area contributed by atoms with Crippen LogP contribution in [-0.2, 0) is 23.4 Å². The Morgan fingerprint density at radius 2 is 1.40 bits per heavy atom. The highest BCUT2D eigenvalue weighted by atomic mass is 28.4. The van der Waals surface area contributed by atoms with Crippen molar-refractivity contribution in [2.24, 2.45) is 0 Å². The lowest BCUT2D eigenvalue weighted by Gasteiger charge is -2.36. The summed E-state index contributed by atoms with van der Waals surface area (Å²) in [4.78, 5) is 4.07. The van der Waals surface area contributed by atoms with Crippen molar-refractivity contribution in [1.29, 1.82) is 0 Å². The molecule has 0 aliphatic rings. The third-order valence-electron chi connectivity index (χ3n) is 5.39. The standard InChI is InChI=1S/C21H25F6NOSi/c1-13-9-16(20(22,23)24)18(17(10-13)21(25,26)27)14-7-8-15(28-11-14)12-29-30(5,6)19(2,3)4/h7-11H,12H2,1-6H3. The van der Waals surface area contributed by atoms with Crippen molar-refractivity contribution in [3.8, 4) is 11.1 Å². The van der Waals surface area contributed by atoms with E-state index in [2.05, 4.69) is 25.8 Å². The molecule has 1 aromatic heterocycles. The Morgan fingerprint density at radius 3 is 1.77 bits per heavy atom. The Morgan fingerprint density at radius 1 is 0.900 bits per heavy atom. The Hall–Kier alpha value is -1.87. The monoisotopic (exact) mass is 449 g/mol. The summed E-state index contributed by atoms with van der Waals surface area (Å²) in [5.41, 5.74) is -3.50. The number of alkyl halides is 6. The highest BCUT2D eigenvalue weighted by molar-refractivity contribution is 6.74. The fourth-order valence-corrected chi connectivity index (χ4v) is 3.61. The van der Waals surface area contributed by atoms with Crippen LogP contribution in [0.2, 0.25) is 18.1 Å². The summed E-state index contributed by atoms with van der Waals surface area (Å²) in [7, 11) is -2.08. The second kappa shape index (κ2) is 7.99. The summed E-state index contributed by atoms with van der Waals surface area (Å²) < 4.78 is 87.1. The van der Waals surface area contributed by atoms with E-state index >= 15 is 0 Å². The molecule has 1 heterocycles. The molecule has 166 valence electrons. The predicted molar refractivity (Wildman–Crippen MR) is 106 cm³/mol. The minimum absolute atomic E-state index is 0.0436. The Bertz CT molecular complexity index is 861. The Balaban J connectivity index is 2.48. The highest BCUT2D eigenvalue weighted by Gasteiger charge is 2.41. The van der Waals surface area contributed by atoms with Gasteiger partial charge in [-0.25, -0.2) is 0 Å². The van der Waals surface area contributed by atoms with Crippen molar-refractivity contribution in [3.63, 3.8) is 0 Å². The third-order valence-corrected chi connectivity index (χ3v) is 9.87. The minimum Gasteiger partial charge on any atom is -0.411 e.